The Kier molecular flexibility index (Phi) is 10.5. The first-order valence-electron chi connectivity index (χ1n) is 9.01. The van der Waals surface area contributed by atoms with Crippen LogP contribution >= 0.6 is 0 Å². The number of rotatable bonds is 13. The monoisotopic (exact) mass is 316 g/mol. The van der Waals surface area contributed by atoms with Crippen molar-refractivity contribution in [2.75, 3.05) is 39.3 Å². The zero-order chi connectivity index (χ0) is 17.2. The minimum Gasteiger partial charge on any atom is -0.304 e. The highest BCUT2D eigenvalue weighted by molar-refractivity contribution is 4.72. The Bertz CT molecular complexity index is 244. The fourth-order valence-corrected chi connectivity index (χ4v) is 2.24. The van der Waals surface area contributed by atoms with Crippen molar-refractivity contribution in [1.29, 1.82) is 0 Å². The SMILES string of the molecule is CCN(CC)CCC(C)(C)OOC(C)(C)CCN(CC)CC. The summed E-state index contributed by atoms with van der Waals surface area (Å²) in [5.41, 5.74) is -0.510. The van der Waals surface area contributed by atoms with E-state index in [-0.39, 0.29) is 11.2 Å². The number of hydrogen-bond acceptors (Lipinski definition) is 4. The molecule has 0 spiro atoms. The molecular formula is C18H40N2O2. The van der Waals surface area contributed by atoms with Crippen LogP contribution in [0.2, 0.25) is 0 Å². The van der Waals surface area contributed by atoms with Gasteiger partial charge in [-0.3, -0.25) is 0 Å². The summed E-state index contributed by atoms with van der Waals surface area (Å²) in [5.74, 6) is 0. The van der Waals surface area contributed by atoms with E-state index in [1.54, 1.807) is 0 Å². The molecule has 0 saturated heterocycles. The zero-order valence-electron chi connectivity index (χ0n) is 16.4. The van der Waals surface area contributed by atoms with E-state index < -0.39 is 0 Å². The van der Waals surface area contributed by atoms with E-state index in [0.29, 0.717) is 0 Å². The van der Waals surface area contributed by atoms with E-state index in [0.717, 1.165) is 52.1 Å². The van der Waals surface area contributed by atoms with Crippen LogP contribution < -0.4 is 0 Å². The summed E-state index contributed by atoms with van der Waals surface area (Å²) in [6, 6.07) is 0. The first-order chi connectivity index (χ1) is 10.2. The fraction of sp³-hybridized carbons (Fsp3) is 1.00. The van der Waals surface area contributed by atoms with Crippen molar-refractivity contribution >= 4 is 0 Å². The van der Waals surface area contributed by atoms with Gasteiger partial charge in [0, 0.05) is 13.1 Å². The van der Waals surface area contributed by atoms with Crippen molar-refractivity contribution in [3.05, 3.63) is 0 Å². The molecule has 0 rings (SSSR count). The van der Waals surface area contributed by atoms with Crippen LogP contribution in [0, 0.1) is 0 Å². The quantitative estimate of drug-likeness (QED) is 0.379. The Morgan fingerprint density at radius 1 is 0.591 bits per heavy atom. The molecule has 0 N–H and O–H groups in total. The number of nitrogens with zero attached hydrogens (tertiary/aromatic N) is 2. The predicted molar refractivity (Wildman–Crippen MR) is 95.1 cm³/mol. The highest BCUT2D eigenvalue weighted by Gasteiger charge is 2.27. The summed E-state index contributed by atoms with van der Waals surface area (Å²) in [6.45, 7) is 23.7. The molecule has 0 atom stereocenters. The van der Waals surface area contributed by atoms with Gasteiger partial charge in [-0.15, -0.1) is 0 Å². The van der Waals surface area contributed by atoms with Gasteiger partial charge in [-0.1, -0.05) is 27.7 Å². The lowest BCUT2D eigenvalue weighted by atomic mass is 10.0. The highest BCUT2D eigenvalue weighted by atomic mass is 17.2. The Morgan fingerprint density at radius 3 is 1.09 bits per heavy atom. The Labute approximate surface area is 139 Å². The minimum atomic E-state index is -0.255. The van der Waals surface area contributed by atoms with Crippen LogP contribution in [-0.4, -0.2) is 60.3 Å². The molecule has 134 valence electrons. The zero-order valence-corrected chi connectivity index (χ0v) is 16.4. The molecule has 0 saturated carbocycles. The summed E-state index contributed by atoms with van der Waals surface area (Å²) >= 11 is 0. The molecular weight excluding hydrogens is 276 g/mol. The molecule has 0 aliphatic carbocycles. The van der Waals surface area contributed by atoms with Gasteiger partial charge in [0.2, 0.25) is 0 Å². The summed E-state index contributed by atoms with van der Waals surface area (Å²) < 4.78 is 0. The van der Waals surface area contributed by atoms with Gasteiger partial charge in [0.1, 0.15) is 0 Å². The molecule has 0 heterocycles. The minimum absolute atomic E-state index is 0.255. The molecule has 0 bridgehead atoms. The second-order valence-corrected chi connectivity index (χ2v) is 7.24. The normalized spacial score (nSPS) is 13.4. The van der Waals surface area contributed by atoms with Gasteiger partial charge >= 0.3 is 0 Å². The highest BCUT2D eigenvalue weighted by Crippen LogP contribution is 2.22. The molecule has 0 aromatic rings. The van der Waals surface area contributed by atoms with Crippen molar-refractivity contribution in [1.82, 2.24) is 9.80 Å². The predicted octanol–water partition coefficient (Wildman–Crippen LogP) is 3.96. The van der Waals surface area contributed by atoms with Crippen LogP contribution in [0.3, 0.4) is 0 Å². The van der Waals surface area contributed by atoms with Crippen LogP contribution in [0.4, 0.5) is 0 Å². The van der Waals surface area contributed by atoms with E-state index in [2.05, 4.69) is 65.2 Å². The van der Waals surface area contributed by atoms with Gasteiger partial charge in [-0.05, 0) is 66.7 Å². The first kappa shape index (κ1) is 21.8. The summed E-state index contributed by atoms with van der Waals surface area (Å²) in [6.07, 6.45) is 1.95. The smallest absolute Gasteiger partial charge is 0.0992 e. The maximum atomic E-state index is 5.79. The molecule has 0 aromatic heterocycles. The van der Waals surface area contributed by atoms with Gasteiger partial charge in [0.15, 0.2) is 0 Å². The average molecular weight is 317 g/mol. The summed E-state index contributed by atoms with van der Waals surface area (Å²) in [4.78, 5) is 16.4. The third-order valence-corrected chi connectivity index (χ3v) is 4.34. The van der Waals surface area contributed by atoms with Crippen molar-refractivity contribution in [3.8, 4) is 0 Å². The first-order valence-corrected chi connectivity index (χ1v) is 9.01. The van der Waals surface area contributed by atoms with Gasteiger partial charge in [-0.2, -0.15) is 0 Å². The molecule has 0 amide bonds. The molecule has 0 radical (unpaired) electrons. The second-order valence-electron chi connectivity index (χ2n) is 7.24. The van der Waals surface area contributed by atoms with Gasteiger partial charge in [0.05, 0.1) is 11.2 Å². The molecule has 0 aromatic carbocycles. The van der Waals surface area contributed by atoms with Crippen LogP contribution in [-0.2, 0) is 9.78 Å². The standard InChI is InChI=1S/C18H40N2O2/c1-9-19(10-2)15-13-17(5,6)21-22-18(7,8)14-16-20(11-3)12-4/h9-16H2,1-8H3. The van der Waals surface area contributed by atoms with Crippen molar-refractivity contribution < 1.29 is 9.78 Å². The van der Waals surface area contributed by atoms with E-state index >= 15 is 0 Å². The maximum Gasteiger partial charge on any atom is 0.0992 e. The van der Waals surface area contributed by atoms with Crippen LogP contribution in [0.25, 0.3) is 0 Å². The molecule has 0 fully saturated rings. The van der Waals surface area contributed by atoms with E-state index in [4.69, 9.17) is 9.78 Å². The largest absolute Gasteiger partial charge is 0.304 e. The summed E-state index contributed by atoms with van der Waals surface area (Å²) in [5, 5.41) is 0. The van der Waals surface area contributed by atoms with Gasteiger partial charge in [-0.25, -0.2) is 9.78 Å². The topological polar surface area (TPSA) is 24.9 Å². The molecule has 0 unspecified atom stereocenters. The molecule has 22 heavy (non-hydrogen) atoms. The van der Waals surface area contributed by atoms with Crippen molar-refractivity contribution in [2.45, 2.75) is 79.4 Å². The van der Waals surface area contributed by atoms with Crippen molar-refractivity contribution in [3.63, 3.8) is 0 Å². The maximum absolute atomic E-state index is 5.79. The third-order valence-electron chi connectivity index (χ3n) is 4.34. The van der Waals surface area contributed by atoms with Gasteiger partial charge < -0.3 is 9.80 Å². The lowest BCUT2D eigenvalue weighted by Crippen LogP contribution is -2.38. The molecule has 0 aliphatic rings. The average Bonchev–Trinajstić information content (AvgIpc) is 2.47. The van der Waals surface area contributed by atoms with Crippen LogP contribution in [0.15, 0.2) is 0 Å². The van der Waals surface area contributed by atoms with E-state index in [1.165, 1.54) is 0 Å². The second kappa shape index (κ2) is 10.6. The van der Waals surface area contributed by atoms with Crippen LogP contribution in [0.1, 0.15) is 68.2 Å². The lowest BCUT2D eigenvalue weighted by Gasteiger charge is -2.33. The molecule has 4 nitrogen and oxygen atoms in total. The van der Waals surface area contributed by atoms with Crippen molar-refractivity contribution in [2.24, 2.45) is 0 Å². The van der Waals surface area contributed by atoms with E-state index in [1.807, 2.05) is 0 Å². The Balaban J connectivity index is 4.20. The fourth-order valence-electron chi connectivity index (χ4n) is 2.24. The lowest BCUT2D eigenvalue weighted by molar-refractivity contribution is -0.403. The molecule has 4 heteroatoms. The third kappa shape index (κ3) is 9.78. The van der Waals surface area contributed by atoms with E-state index in [9.17, 15) is 0 Å². The van der Waals surface area contributed by atoms with Crippen LogP contribution in [0.5, 0.6) is 0 Å². The Hall–Kier alpha value is -0.160. The van der Waals surface area contributed by atoms with Gasteiger partial charge in [0.25, 0.3) is 0 Å². The summed E-state index contributed by atoms with van der Waals surface area (Å²) in [7, 11) is 0. The Morgan fingerprint density at radius 2 is 0.864 bits per heavy atom. The number of hydrogen-bond donors (Lipinski definition) is 0. The molecule has 0 aliphatic heterocycles.